The van der Waals surface area contributed by atoms with Crippen LogP contribution in [-0.2, 0) is 21.2 Å². The number of hydrogen-bond donors (Lipinski definition) is 3. The number of amides is 2. The summed E-state index contributed by atoms with van der Waals surface area (Å²) in [6.07, 6.45) is 2.29. The predicted octanol–water partition coefficient (Wildman–Crippen LogP) is 3.72. The van der Waals surface area contributed by atoms with E-state index in [1.165, 1.54) is 24.3 Å². The van der Waals surface area contributed by atoms with Gasteiger partial charge in [-0.25, -0.2) is 8.42 Å². The minimum Gasteiger partial charge on any atom is -0.352 e. The highest BCUT2D eigenvalue weighted by molar-refractivity contribution is 7.92. The van der Waals surface area contributed by atoms with Crippen LogP contribution in [-0.4, -0.2) is 32.3 Å². The van der Waals surface area contributed by atoms with Crippen LogP contribution in [0.3, 0.4) is 0 Å². The quantitative estimate of drug-likeness (QED) is 0.424. The summed E-state index contributed by atoms with van der Waals surface area (Å²) < 4.78 is 28.0. The van der Waals surface area contributed by atoms with Crippen molar-refractivity contribution in [2.45, 2.75) is 50.1 Å². The van der Waals surface area contributed by atoms with Crippen molar-refractivity contribution < 1.29 is 18.0 Å². The van der Waals surface area contributed by atoms with Crippen LogP contribution in [0.1, 0.15) is 39.9 Å². The highest BCUT2D eigenvalue weighted by atomic mass is 32.2. The second-order valence-corrected chi connectivity index (χ2v) is 10.6. The lowest BCUT2D eigenvalue weighted by atomic mass is 10.0. The van der Waals surface area contributed by atoms with Crippen molar-refractivity contribution in [1.29, 1.82) is 0 Å². The fourth-order valence-electron chi connectivity index (χ4n) is 3.61. The molecular weight excluding hydrogens is 462 g/mol. The molecule has 1 fully saturated rings. The third-order valence-corrected chi connectivity index (χ3v) is 7.40. The fourth-order valence-corrected chi connectivity index (χ4v) is 4.76. The lowest BCUT2D eigenvalue weighted by Gasteiger charge is -2.19. The van der Waals surface area contributed by atoms with Crippen LogP contribution >= 0.6 is 0 Å². The highest BCUT2D eigenvalue weighted by Gasteiger charge is 2.28. The topological polar surface area (TPSA) is 104 Å². The van der Waals surface area contributed by atoms with Crippen LogP contribution in [0.4, 0.5) is 5.69 Å². The first-order valence-corrected chi connectivity index (χ1v) is 13.0. The van der Waals surface area contributed by atoms with Gasteiger partial charge in [0.1, 0.15) is 6.04 Å². The van der Waals surface area contributed by atoms with Gasteiger partial charge in [0, 0.05) is 23.7 Å². The van der Waals surface area contributed by atoms with Crippen molar-refractivity contribution in [1.82, 2.24) is 10.6 Å². The van der Waals surface area contributed by atoms with E-state index in [2.05, 4.69) is 15.4 Å². The first kappa shape index (κ1) is 24.5. The van der Waals surface area contributed by atoms with Gasteiger partial charge in [0.15, 0.2) is 0 Å². The Balaban J connectivity index is 1.44. The van der Waals surface area contributed by atoms with Gasteiger partial charge in [-0.3, -0.25) is 14.3 Å². The van der Waals surface area contributed by atoms with E-state index < -0.39 is 22.0 Å². The average Bonchev–Trinajstić information content (AvgIpc) is 3.65. The first-order chi connectivity index (χ1) is 16.7. The molecule has 1 aliphatic carbocycles. The van der Waals surface area contributed by atoms with Crippen molar-refractivity contribution in [3.63, 3.8) is 0 Å². The molecule has 3 aromatic carbocycles. The van der Waals surface area contributed by atoms with E-state index in [-0.39, 0.29) is 16.8 Å². The standard InChI is InChI=1S/C27H29N3O4S/c1-18-8-15-24(16-19(18)2)35(33,34)30-23-11-9-21(10-12-23)26(31)29-25(27(32)28-22-13-14-22)17-20-6-4-3-5-7-20/h3-12,15-16,22,25,30H,13-14,17H2,1-2H3,(H,28,32)(H,29,31). The second-order valence-electron chi connectivity index (χ2n) is 8.93. The third kappa shape index (κ3) is 6.48. The lowest BCUT2D eigenvalue weighted by molar-refractivity contribution is -0.123. The number of benzene rings is 3. The molecule has 1 unspecified atom stereocenters. The summed E-state index contributed by atoms with van der Waals surface area (Å²) in [5.41, 5.74) is 3.51. The molecule has 182 valence electrons. The largest absolute Gasteiger partial charge is 0.352 e. The molecule has 0 aromatic heterocycles. The maximum Gasteiger partial charge on any atom is 0.261 e. The molecule has 1 atom stereocenters. The molecule has 35 heavy (non-hydrogen) atoms. The molecule has 8 heteroatoms. The van der Waals surface area contributed by atoms with Crippen LogP contribution in [0.25, 0.3) is 0 Å². The first-order valence-electron chi connectivity index (χ1n) is 11.6. The summed E-state index contributed by atoms with van der Waals surface area (Å²) in [4.78, 5) is 25.8. The van der Waals surface area contributed by atoms with Gasteiger partial charge in [0.2, 0.25) is 5.91 Å². The minimum atomic E-state index is -3.76. The summed E-state index contributed by atoms with van der Waals surface area (Å²) in [5.74, 6) is -0.608. The molecule has 4 rings (SSSR count). The molecule has 1 aliphatic rings. The summed E-state index contributed by atoms with van der Waals surface area (Å²) in [6, 6.07) is 20.1. The summed E-state index contributed by atoms with van der Waals surface area (Å²) in [7, 11) is -3.76. The van der Waals surface area contributed by atoms with Gasteiger partial charge in [0.25, 0.3) is 15.9 Å². The van der Waals surface area contributed by atoms with Gasteiger partial charge in [0.05, 0.1) is 4.90 Å². The van der Waals surface area contributed by atoms with Crippen LogP contribution in [0.15, 0.2) is 77.7 Å². The fraction of sp³-hybridized carbons (Fsp3) is 0.259. The molecular formula is C27H29N3O4S. The normalized spacial score (nSPS) is 14.1. The smallest absolute Gasteiger partial charge is 0.261 e. The Kier molecular flexibility index (Phi) is 7.21. The van der Waals surface area contributed by atoms with E-state index in [1.807, 2.05) is 44.2 Å². The molecule has 2 amide bonds. The molecule has 7 nitrogen and oxygen atoms in total. The molecule has 0 heterocycles. The van der Waals surface area contributed by atoms with E-state index in [1.54, 1.807) is 18.2 Å². The Labute approximate surface area is 206 Å². The highest BCUT2D eigenvalue weighted by Crippen LogP contribution is 2.20. The summed E-state index contributed by atoms with van der Waals surface area (Å²) in [6.45, 7) is 3.78. The number of hydrogen-bond acceptors (Lipinski definition) is 4. The van der Waals surface area contributed by atoms with E-state index in [9.17, 15) is 18.0 Å². The van der Waals surface area contributed by atoms with Crippen molar-refractivity contribution >= 4 is 27.5 Å². The Hall–Kier alpha value is -3.65. The van der Waals surface area contributed by atoms with Crippen molar-refractivity contribution in [2.75, 3.05) is 4.72 Å². The Morgan fingerprint density at radius 3 is 2.23 bits per heavy atom. The Morgan fingerprint density at radius 2 is 1.60 bits per heavy atom. The van der Waals surface area contributed by atoms with E-state index in [0.29, 0.717) is 17.7 Å². The monoisotopic (exact) mass is 491 g/mol. The molecule has 0 spiro atoms. The zero-order chi connectivity index (χ0) is 25.0. The van der Waals surface area contributed by atoms with Crippen LogP contribution in [0.5, 0.6) is 0 Å². The second kappa shape index (κ2) is 10.3. The average molecular weight is 492 g/mol. The zero-order valence-corrected chi connectivity index (χ0v) is 20.6. The third-order valence-electron chi connectivity index (χ3n) is 6.02. The number of rotatable bonds is 9. The molecule has 0 bridgehead atoms. The number of nitrogens with one attached hydrogen (secondary N) is 3. The molecule has 0 aliphatic heterocycles. The molecule has 0 saturated heterocycles. The van der Waals surface area contributed by atoms with Gasteiger partial charge in [-0.1, -0.05) is 36.4 Å². The number of carbonyl (C=O) groups is 2. The molecule has 3 N–H and O–H groups in total. The van der Waals surface area contributed by atoms with Gasteiger partial charge in [-0.2, -0.15) is 0 Å². The van der Waals surface area contributed by atoms with Gasteiger partial charge in [-0.15, -0.1) is 0 Å². The summed E-state index contributed by atoms with van der Waals surface area (Å²) >= 11 is 0. The number of carbonyl (C=O) groups excluding carboxylic acids is 2. The maximum absolute atomic E-state index is 12.9. The van der Waals surface area contributed by atoms with E-state index in [0.717, 1.165) is 29.5 Å². The van der Waals surface area contributed by atoms with Crippen molar-refractivity contribution in [2.24, 2.45) is 0 Å². The number of aryl methyl sites for hydroxylation is 2. The number of anilines is 1. The molecule has 0 radical (unpaired) electrons. The zero-order valence-electron chi connectivity index (χ0n) is 19.7. The molecule has 1 saturated carbocycles. The SMILES string of the molecule is Cc1ccc(S(=O)(=O)Nc2ccc(C(=O)NC(Cc3ccccc3)C(=O)NC3CC3)cc2)cc1C. The van der Waals surface area contributed by atoms with Crippen LogP contribution in [0.2, 0.25) is 0 Å². The van der Waals surface area contributed by atoms with Crippen molar-refractivity contribution in [3.8, 4) is 0 Å². The molecule has 3 aromatic rings. The maximum atomic E-state index is 12.9. The minimum absolute atomic E-state index is 0.174. The van der Waals surface area contributed by atoms with Gasteiger partial charge >= 0.3 is 0 Å². The van der Waals surface area contributed by atoms with Crippen LogP contribution in [0, 0.1) is 13.8 Å². The van der Waals surface area contributed by atoms with Gasteiger partial charge in [-0.05, 0) is 79.8 Å². The predicted molar refractivity (Wildman–Crippen MR) is 136 cm³/mol. The van der Waals surface area contributed by atoms with E-state index in [4.69, 9.17) is 0 Å². The van der Waals surface area contributed by atoms with Crippen LogP contribution < -0.4 is 15.4 Å². The summed E-state index contributed by atoms with van der Waals surface area (Å²) in [5, 5.41) is 5.79. The van der Waals surface area contributed by atoms with Crippen molar-refractivity contribution in [3.05, 3.63) is 95.1 Å². The Bertz CT molecular complexity index is 1320. The van der Waals surface area contributed by atoms with E-state index >= 15 is 0 Å². The Morgan fingerprint density at radius 1 is 0.914 bits per heavy atom. The lowest BCUT2D eigenvalue weighted by Crippen LogP contribution is -2.48. The number of sulfonamides is 1. The van der Waals surface area contributed by atoms with Gasteiger partial charge < -0.3 is 10.6 Å².